The van der Waals surface area contributed by atoms with Gasteiger partial charge in [0.25, 0.3) is 0 Å². The number of benzene rings is 1. The van der Waals surface area contributed by atoms with E-state index in [1.54, 1.807) is 12.1 Å². The Morgan fingerprint density at radius 1 is 0.966 bits per heavy atom. The molecule has 0 atom stereocenters. The van der Waals surface area contributed by atoms with E-state index in [0.29, 0.717) is 18.7 Å². The van der Waals surface area contributed by atoms with Crippen LogP contribution in [0, 0.1) is 6.92 Å². The minimum atomic E-state index is -4.49. The Kier molecular flexibility index (Phi) is 6.53. The third-order valence-electron chi connectivity index (χ3n) is 3.74. The molecule has 0 amide bonds. The van der Waals surface area contributed by atoms with Gasteiger partial charge in [0.1, 0.15) is 11.5 Å². The van der Waals surface area contributed by atoms with Crippen molar-refractivity contribution in [2.75, 3.05) is 23.8 Å². The summed E-state index contributed by atoms with van der Waals surface area (Å²) in [4.78, 5) is 12.0. The van der Waals surface area contributed by atoms with Gasteiger partial charge in [0.15, 0.2) is 6.61 Å². The molecule has 3 aromatic rings. The van der Waals surface area contributed by atoms with Crippen LogP contribution in [-0.4, -0.2) is 34.3 Å². The minimum Gasteiger partial charge on any atom is -0.465 e. The topological polar surface area (TPSA) is 85.1 Å². The third-order valence-corrected chi connectivity index (χ3v) is 3.74. The zero-order chi connectivity index (χ0) is 20.7. The molecule has 2 aromatic heterocycles. The fourth-order valence-corrected chi connectivity index (χ4v) is 2.44. The molecule has 0 saturated carbocycles. The van der Waals surface area contributed by atoms with Crippen molar-refractivity contribution in [2.24, 2.45) is 0 Å². The van der Waals surface area contributed by atoms with Crippen LogP contribution in [0.1, 0.15) is 17.1 Å². The molecule has 7 nitrogen and oxygen atoms in total. The monoisotopic (exact) mass is 407 g/mol. The molecule has 3 rings (SSSR count). The molecule has 0 aliphatic rings. The van der Waals surface area contributed by atoms with Crippen molar-refractivity contribution in [2.45, 2.75) is 26.1 Å². The smallest absolute Gasteiger partial charge is 0.422 e. The molecule has 0 aliphatic carbocycles. The summed E-state index contributed by atoms with van der Waals surface area (Å²) in [5.41, 5.74) is 1.11. The Morgan fingerprint density at radius 3 is 2.34 bits per heavy atom. The number of ether oxygens (including phenoxy) is 1. The van der Waals surface area contributed by atoms with Crippen LogP contribution in [0.2, 0.25) is 0 Å². The van der Waals surface area contributed by atoms with Crippen molar-refractivity contribution in [3.8, 4) is 6.01 Å². The van der Waals surface area contributed by atoms with Crippen LogP contribution in [0.15, 0.2) is 46.9 Å². The average Bonchev–Trinajstić information content (AvgIpc) is 3.10. The minimum absolute atomic E-state index is 0.0773. The summed E-state index contributed by atoms with van der Waals surface area (Å²) in [5.74, 6) is 1.58. The van der Waals surface area contributed by atoms with Gasteiger partial charge in [-0.2, -0.15) is 28.1 Å². The number of anilines is 2. The standard InChI is InChI=1S/C19H20F3N5O2/c1-13-7-8-15(29-13)11-24-17-25-16(23-10-9-14-5-3-2-4-6-14)26-18(27-17)28-12-19(20,21)22/h2-8H,9-12H2,1H3,(H2,23,24,25,26,27). The molecule has 0 spiro atoms. The number of aryl methyl sites for hydroxylation is 1. The summed E-state index contributed by atoms with van der Waals surface area (Å²) >= 11 is 0. The van der Waals surface area contributed by atoms with Crippen LogP contribution in [-0.2, 0) is 13.0 Å². The number of nitrogens with one attached hydrogen (secondary N) is 2. The number of furan rings is 1. The zero-order valence-electron chi connectivity index (χ0n) is 15.7. The van der Waals surface area contributed by atoms with Crippen LogP contribution < -0.4 is 15.4 Å². The Labute approximate surface area is 165 Å². The van der Waals surface area contributed by atoms with E-state index in [1.807, 2.05) is 37.3 Å². The van der Waals surface area contributed by atoms with Crippen molar-refractivity contribution < 1.29 is 22.3 Å². The van der Waals surface area contributed by atoms with Gasteiger partial charge in [0, 0.05) is 6.54 Å². The van der Waals surface area contributed by atoms with Crippen LogP contribution in [0.3, 0.4) is 0 Å². The number of nitrogens with zero attached hydrogens (tertiary/aromatic N) is 3. The molecule has 0 radical (unpaired) electrons. The van der Waals surface area contributed by atoms with Gasteiger partial charge in [-0.25, -0.2) is 0 Å². The highest BCUT2D eigenvalue weighted by atomic mass is 19.4. The van der Waals surface area contributed by atoms with Crippen molar-refractivity contribution in [1.82, 2.24) is 15.0 Å². The van der Waals surface area contributed by atoms with E-state index in [4.69, 9.17) is 4.42 Å². The number of aromatic nitrogens is 3. The molecule has 0 fully saturated rings. The average molecular weight is 407 g/mol. The molecule has 10 heteroatoms. The Morgan fingerprint density at radius 2 is 1.69 bits per heavy atom. The van der Waals surface area contributed by atoms with E-state index < -0.39 is 18.8 Å². The Bertz CT molecular complexity index is 916. The maximum atomic E-state index is 12.5. The highest BCUT2D eigenvalue weighted by Gasteiger charge is 2.29. The van der Waals surface area contributed by atoms with Gasteiger partial charge in [-0.3, -0.25) is 0 Å². The van der Waals surface area contributed by atoms with E-state index in [2.05, 4.69) is 30.3 Å². The van der Waals surface area contributed by atoms with E-state index in [-0.39, 0.29) is 18.4 Å². The van der Waals surface area contributed by atoms with Gasteiger partial charge in [-0.05, 0) is 31.0 Å². The number of rotatable bonds is 9. The lowest BCUT2D eigenvalue weighted by Crippen LogP contribution is -2.21. The molecule has 1 aromatic carbocycles. The molecule has 0 bridgehead atoms. The lowest BCUT2D eigenvalue weighted by Gasteiger charge is -2.11. The number of alkyl halides is 3. The summed E-state index contributed by atoms with van der Waals surface area (Å²) < 4.78 is 47.5. The van der Waals surface area contributed by atoms with Gasteiger partial charge in [0.05, 0.1) is 6.54 Å². The fraction of sp³-hybridized carbons (Fsp3) is 0.316. The van der Waals surface area contributed by atoms with Gasteiger partial charge in [-0.15, -0.1) is 0 Å². The summed E-state index contributed by atoms with van der Waals surface area (Å²) in [6.07, 6.45) is -3.80. The van der Waals surface area contributed by atoms with Crippen molar-refractivity contribution >= 4 is 11.9 Å². The Hall–Kier alpha value is -3.30. The zero-order valence-corrected chi connectivity index (χ0v) is 15.7. The molecule has 0 aliphatic heterocycles. The number of hydrogen-bond donors (Lipinski definition) is 2. The van der Waals surface area contributed by atoms with Crippen molar-refractivity contribution in [3.63, 3.8) is 0 Å². The predicted molar refractivity (Wildman–Crippen MR) is 101 cm³/mol. The van der Waals surface area contributed by atoms with E-state index in [1.165, 1.54) is 0 Å². The summed E-state index contributed by atoms with van der Waals surface area (Å²) in [6, 6.07) is 12.9. The molecule has 0 unspecified atom stereocenters. The number of halogens is 3. The van der Waals surface area contributed by atoms with E-state index >= 15 is 0 Å². The molecule has 2 heterocycles. The molecule has 0 saturated heterocycles. The summed E-state index contributed by atoms with van der Waals surface area (Å²) in [7, 11) is 0. The Balaban J connectivity index is 1.67. The molecule has 29 heavy (non-hydrogen) atoms. The van der Waals surface area contributed by atoms with E-state index in [9.17, 15) is 13.2 Å². The molecule has 154 valence electrons. The predicted octanol–water partition coefficient (Wildman–Crippen LogP) is 3.98. The van der Waals surface area contributed by atoms with Crippen LogP contribution in [0.5, 0.6) is 6.01 Å². The van der Waals surface area contributed by atoms with Crippen molar-refractivity contribution in [1.29, 1.82) is 0 Å². The fourth-order valence-electron chi connectivity index (χ4n) is 2.44. The molecule has 2 N–H and O–H groups in total. The lowest BCUT2D eigenvalue weighted by atomic mass is 10.1. The highest BCUT2D eigenvalue weighted by Crippen LogP contribution is 2.18. The second-order valence-electron chi connectivity index (χ2n) is 6.20. The first-order valence-corrected chi connectivity index (χ1v) is 8.90. The van der Waals surface area contributed by atoms with Crippen LogP contribution >= 0.6 is 0 Å². The van der Waals surface area contributed by atoms with Gasteiger partial charge in [0.2, 0.25) is 11.9 Å². The van der Waals surface area contributed by atoms with Crippen molar-refractivity contribution in [3.05, 3.63) is 59.5 Å². The largest absolute Gasteiger partial charge is 0.465 e. The first-order valence-electron chi connectivity index (χ1n) is 8.90. The van der Waals surface area contributed by atoms with Gasteiger partial charge >= 0.3 is 12.2 Å². The van der Waals surface area contributed by atoms with Crippen LogP contribution in [0.25, 0.3) is 0 Å². The maximum Gasteiger partial charge on any atom is 0.422 e. The van der Waals surface area contributed by atoms with E-state index in [0.717, 1.165) is 11.3 Å². The lowest BCUT2D eigenvalue weighted by molar-refractivity contribution is -0.154. The number of hydrogen-bond acceptors (Lipinski definition) is 7. The first-order chi connectivity index (χ1) is 13.9. The summed E-state index contributed by atoms with van der Waals surface area (Å²) in [5, 5.41) is 5.89. The van der Waals surface area contributed by atoms with Crippen LogP contribution in [0.4, 0.5) is 25.1 Å². The normalized spacial score (nSPS) is 11.3. The first kappa shape index (κ1) is 20.4. The summed E-state index contributed by atoms with van der Waals surface area (Å²) in [6.45, 7) is 1.07. The maximum absolute atomic E-state index is 12.5. The molecular formula is C19H20F3N5O2. The SMILES string of the molecule is Cc1ccc(CNc2nc(NCCc3ccccc3)nc(OCC(F)(F)F)n2)o1. The second-order valence-corrected chi connectivity index (χ2v) is 6.20. The quantitative estimate of drug-likeness (QED) is 0.555. The van der Waals surface area contributed by atoms with Gasteiger partial charge in [-0.1, -0.05) is 30.3 Å². The second kappa shape index (κ2) is 9.26. The van der Waals surface area contributed by atoms with Gasteiger partial charge < -0.3 is 19.8 Å². The third kappa shape index (κ3) is 6.98. The molecular weight excluding hydrogens is 387 g/mol. The highest BCUT2D eigenvalue weighted by molar-refractivity contribution is 5.36.